The van der Waals surface area contributed by atoms with E-state index < -0.39 is 10.0 Å². The summed E-state index contributed by atoms with van der Waals surface area (Å²) in [6.45, 7) is 6.40. The van der Waals surface area contributed by atoms with Gasteiger partial charge in [0.1, 0.15) is 0 Å². The number of halogens is 1. The molecule has 92 valence electrons. The van der Waals surface area contributed by atoms with Gasteiger partial charge in [-0.15, -0.1) is 12.4 Å². The van der Waals surface area contributed by atoms with Gasteiger partial charge in [0.15, 0.2) is 0 Å². The van der Waals surface area contributed by atoms with Crippen molar-refractivity contribution in [1.29, 1.82) is 0 Å². The van der Waals surface area contributed by atoms with Crippen LogP contribution in [0.1, 0.15) is 6.92 Å². The van der Waals surface area contributed by atoms with Crippen LogP contribution in [0.4, 0.5) is 0 Å². The average molecular weight is 258 g/mol. The van der Waals surface area contributed by atoms with Crippen LogP contribution in [0.25, 0.3) is 0 Å². The molecule has 5 nitrogen and oxygen atoms in total. The van der Waals surface area contributed by atoms with Crippen LogP contribution in [0, 0.1) is 0 Å². The van der Waals surface area contributed by atoms with Crippen LogP contribution in [0.15, 0.2) is 0 Å². The fraction of sp³-hybridized carbons (Fsp3) is 1.00. The zero-order valence-corrected chi connectivity index (χ0v) is 10.8. The zero-order valence-electron chi connectivity index (χ0n) is 9.19. The number of nitrogens with one attached hydrogen (secondary N) is 2. The molecular weight excluding hydrogens is 238 g/mol. The number of piperazine rings is 1. The molecule has 7 heteroatoms. The highest BCUT2D eigenvalue weighted by molar-refractivity contribution is 7.88. The van der Waals surface area contributed by atoms with Crippen molar-refractivity contribution in [3.63, 3.8) is 0 Å². The van der Waals surface area contributed by atoms with Crippen LogP contribution in [0.3, 0.4) is 0 Å². The summed E-state index contributed by atoms with van der Waals surface area (Å²) >= 11 is 0. The molecule has 2 N–H and O–H groups in total. The molecule has 0 aliphatic carbocycles. The van der Waals surface area contributed by atoms with E-state index in [0.717, 1.165) is 26.2 Å². The minimum absolute atomic E-state index is 0. The molecular formula is C8H20ClN3O2S. The summed E-state index contributed by atoms with van der Waals surface area (Å²) < 4.78 is 24.1. The molecule has 1 atom stereocenters. The van der Waals surface area contributed by atoms with Crippen molar-refractivity contribution >= 4 is 22.4 Å². The topological polar surface area (TPSA) is 61.4 Å². The largest absolute Gasteiger partial charge is 0.314 e. The summed E-state index contributed by atoms with van der Waals surface area (Å²) in [4.78, 5) is 2.29. The first-order valence-corrected chi connectivity index (χ1v) is 6.77. The van der Waals surface area contributed by atoms with Gasteiger partial charge in [0.25, 0.3) is 0 Å². The normalized spacial score (nSPS) is 23.5. The third-order valence-electron chi connectivity index (χ3n) is 2.40. The van der Waals surface area contributed by atoms with Crippen molar-refractivity contribution in [3.05, 3.63) is 0 Å². The number of nitrogens with zero attached hydrogens (tertiary/aromatic N) is 1. The summed E-state index contributed by atoms with van der Waals surface area (Å²) in [6.07, 6.45) is 1.19. The third-order valence-corrected chi connectivity index (χ3v) is 3.13. The fourth-order valence-corrected chi connectivity index (χ4v) is 2.05. The van der Waals surface area contributed by atoms with Gasteiger partial charge in [0.2, 0.25) is 10.0 Å². The van der Waals surface area contributed by atoms with Gasteiger partial charge in [-0.3, -0.25) is 4.90 Å². The molecule has 0 aromatic heterocycles. The second kappa shape index (κ2) is 6.65. The lowest BCUT2D eigenvalue weighted by Crippen LogP contribution is -2.51. The van der Waals surface area contributed by atoms with Gasteiger partial charge in [0, 0.05) is 38.8 Å². The lowest BCUT2D eigenvalue weighted by molar-refractivity contribution is 0.177. The maximum atomic E-state index is 10.8. The molecule has 1 aliphatic rings. The molecule has 1 rings (SSSR count). The van der Waals surface area contributed by atoms with E-state index in [1.165, 1.54) is 6.26 Å². The quantitative estimate of drug-likeness (QED) is 0.696. The van der Waals surface area contributed by atoms with Crippen molar-refractivity contribution in [3.8, 4) is 0 Å². The molecule has 0 radical (unpaired) electrons. The first kappa shape index (κ1) is 15.1. The second-order valence-corrected chi connectivity index (χ2v) is 5.59. The molecule has 0 saturated carbocycles. The van der Waals surface area contributed by atoms with Gasteiger partial charge in [-0.05, 0) is 6.92 Å². The maximum Gasteiger partial charge on any atom is 0.208 e. The maximum absolute atomic E-state index is 10.8. The van der Waals surface area contributed by atoms with Crippen LogP contribution in [0.5, 0.6) is 0 Å². The Bertz CT molecular complexity index is 271. The number of sulfonamides is 1. The molecule has 1 heterocycles. The van der Waals surface area contributed by atoms with E-state index in [-0.39, 0.29) is 12.4 Å². The Labute approximate surface area is 98.1 Å². The van der Waals surface area contributed by atoms with Crippen LogP contribution >= 0.6 is 12.4 Å². The first-order chi connectivity index (χ1) is 6.49. The van der Waals surface area contributed by atoms with Crippen molar-refractivity contribution in [2.24, 2.45) is 0 Å². The van der Waals surface area contributed by atoms with E-state index in [1.807, 2.05) is 0 Å². The van der Waals surface area contributed by atoms with Crippen molar-refractivity contribution in [2.45, 2.75) is 13.0 Å². The standard InChI is InChI=1S/C8H19N3O2S.ClH/c1-8-7-9-3-5-11(8)6-4-10-14(2,12)13;/h8-10H,3-7H2,1-2H3;1H/t8-;/m0./s1. The van der Waals surface area contributed by atoms with E-state index in [1.54, 1.807) is 0 Å². The van der Waals surface area contributed by atoms with Crippen molar-refractivity contribution in [1.82, 2.24) is 14.9 Å². The van der Waals surface area contributed by atoms with Crippen LogP contribution in [-0.4, -0.2) is 58.3 Å². The van der Waals surface area contributed by atoms with E-state index in [9.17, 15) is 8.42 Å². The predicted octanol–water partition coefficient (Wildman–Crippen LogP) is -0.749. The van der Waals surface area contributed by atoms with Crippen LogP contribution in [0.2, 0.25) is 0 Å². The van der Waals surface area contributed by atoms with E-state index in [4.69, 9.17) is 0 Å². The molecule has 0 spiro atoms. The highest BCUT2D eigenvalue weighted by Crippen LogP contribution is 2.00. The Morgan fingerprint density at radius 2 is 2.20 bits per heavy atom. The fourth-order valence-electron chi connectivity index (χ4n) is 1.59. The summed E-state index contributed by atoms with van der Waals surface area (Å²) in [5.41, 5.74) is 0. The van der Waals surface area contributed by atoms with Gasteiger partial charge in [0.05, 0.1) is 6.26 Å². The molecule has 0 aromatic carbocycles. The molecule has 1 fully saturated rings. The highest BCUT2D eigenvalue weighted by atomic mass is 35.5. The van der Waals surface area contributed by atoms with E-state index in [0.29, 0.717) is 12.6 Å². The Morgan fingerprint density at radius 1 is 1.53 bits per heavy atom. The summed E-state index contributed by atoms with van der Waals surface area (Å²) in [6, 6.07) is 0.491. The highest BCUT2D eigenvalue weighted by Gasteiger charge is 2.17. The minimum Gasteiger partial charge on any atom is -0.314 e. The molecule has 0 bridgehead atoms. The smallest absolute Gasteiger partial charge is 0.208 e. The van der Waals surface area contributed by atoms with Crippen LogP contribution < -0.4 is 10.0 Å². The second-order valence-electron chi connectivity index (χ2n) is 3.76. The van der Waals surface area contributed by atoms with Crippen molar-refractivity contribution < 1.29 is 8.42 Å². The van der Waals surface area contributed by atoms with Gasteiger partial charge in [-0.1, -0.05) is 0 Å². The molecule has 0 unspecified atom stereocenters. The minimum atomic E-state index is -3.03. The lowest BCUT2D eigenvalue weighted by Gasteiger charge is -2.33. The summed E-state index contributed by atoms with van der Waals surface area (Å²) in [7, 11) is -3.03. The molecule has 1 aliphatic heterocycles. The number of rotatable bonds is 4. The average Bonchev–Trinajstić information content (AvgIpc) is 2.06. The lowest BCUT2D eigenvalue weighted by atomic mass is 10.2. The zero-order chi connectivity index (χ0) is 10.6. The Balaban J connectivity index is 0.00000196. The van der Waals surface area contributed by atoms with Crippen LogP contribution in [-0.2, 0) is 10.0 Å². The third kappa shape index (κ3) is 6.32. The molecule has 15 heavy (non-hydrogen) atoms. The van der Waals surface area contributed by atoms with Gasteiger partial charge < -0.3 is 5.32 Å². The summed E-state index contributed by atoms with van der Waals surface area (Å²) in [5.74, 6) is 0. The Morgan fingerprint density at radius 3 is 2.73 bits per heavy atom. The summed E-state index contributed by atoms with van der Waals surface area (Å²) in [5, 5.41) is 3.29. The van der Waals surface area contributed by atoms with Gasteiger partial charge in [-0.2, -0.15) is 0 Å². The van der Waals surface area contributed by atoms with Gasteiger partial charge >= 0.3 is 0 Å². The number of hydrogen-bond donors (Lipinski definition) is 2. The predicted molar refractivity (Wildman–Crippen MR) is 64.0 cm³/mol. The van der Waals surface area contributed by atoms with Gasteiger partial charge in [-0.25, -0.2) is 13.1 Å². The number of hydrogen-bond acceptors (Lipinski definition) is 4. The monoisotopic (exact) mass is 257 g/mol. The molecule has 1 saturated heterocycles. The van der Waals surface area contributed by atoms with E-state index >= 15 is 0 Å². The SMILES string of the molecule is C[C@H]1CNCCN1CCNS(C)(=O)=O.Cl. The Kier molecular flexibility index (Phi) is 6.70. The van der Waals surface area contributed by atoms with Crippen molar-refractivity contribution in [2.75, 3.05) is 39.0 Å². The first-order valence-electron chi connectivity index (χ1n) is 4.88. The molecule has 0 aromatic rings. The van der Waals surface area contributed by atoms with E-state index in [2.05, 4.69) is 21.9 Å². The Hall–Kier alpha value is 0.120. The molecule has 0 amide bonds.